The van der Waals surface area contributed by atoms with Crippen molar-refractivity contribution >= 4 is 16.7 Å². The highest BCUT2D eigenvalue weighted by atomic mass is 16.5. The number of ketones is 1. The van der Waals surface area contributed by atoms with Crippen LogP contribution in [0.2, 0.25) is 0 Å². The lowest BCUT2D eigenvalue weighted by molar-refractivity contribution is 0.103. The number of hydrogen-bond acceptors (Lipinski definition) is 2. The molecule has 1 heterocycles. The molecule has 25 heavy (non-hydrogen) atoms. The summed E-state index contributed by atoms with van der Waals surface area (Å²) in [7, 11) is 0. The first-order valence-corrected chi connectivity index (χ1v) is 8.25. The Morgan fingerprint density at radius 3 is 2.40 bits per heavy atom. The van der Waals surface area contributed by atoms with Crippen LogP contribution in [0.15, 0.2) is 66.9 Å². The predicted octanol–water partition coefficient (Wildman–Crippen LogP) is 5.48. The van der Waals surface area contributed by atoms with Crippen LogP contribution >= 0.6 is 0 Å². The number of carbonyl (C=O) groups is 1. The third-order valence-electron chi connectivity index (χ3n) is 4.75. The maximum Gasteiger partial charge on any atom is 0.198 e. The molecule has 1 aromatic heterocycles. The highest BCUT2D eigenvalue weighted by Gasteiger charge is 2.29. The van der Waals surface area contributed by atoms with E-state index in [0.717, 1.165) is 33.3 Å². The number of nitrogens with one attached hydrogen (secondary N) is 1. The number of rotatable bonds is 2. The van der Waals surface area contributed by atoms with E-state index in [2.05, 4.69) is 4.98 Å². The molecule has 0 spiro atoms. The molecule has 0 radical (unpaired) electrons. The van der Waals surface area contributed by atoms with E-state index in [9.17, 15) is 4.79 Å². The number of aryl methyl sites for hydroxylation is 1. The van der Waals surface area contributed by atoms with E-state index in [1.807, 2.05) is 73.8 Å². The lowest BCUT2D eigenvalue weighted by Crippen LogP contribution is -2.10. The van der Waals surface area contributed by atoms with E-state index < -0.39 is 0 Å². The molecule has 0 fully saturated rings. The number of hydrogen-bond donors (Lipinski definition) is 1. The predicted molar refractivity (Wildman–Crippen MR) is 98.4 cm³/mol. The molecular weight excluding hydrogens is 310 g/mol. The minimum absolute atomic E-state index is 0.00964. The fraction of sp³-hybridized carbons (Fsp3) is 0.0455. The van der Waals surface area contributed by atoms with E-state index in [1.165, 1.54) is 5.56 Å². The van der Waals surface area contributed by atoms with Crippen molar-refractivity contribution in [3.8, 4) is 22.6 Å². The van der Waals surface area contributed by atoms with Crippen LogP contribution in [0.25, 0.3) is 22.0 Å². The van der Waals surface area contributed by atoms with E-state index >= 15 is 0 Å². The monoisotopic (exact) mass is 325 g/mol. The molecule has 0 atom stereocenters. The summed E-state index contributed by atoms with van der Waals surface area (Å²) in [4.78, 5) is 16.4. The third kappa shape index (κ3) is 2.02. The molecule has 3 heteroatoms. The summed E-state index contributed by atoms with van der Waals surface area (Å²) >= 11 is 0. The van der Waals surface area contributed by atoms with E-state index in [4.69, 9.17) is 4.74 Å². The summed E-state index contributed by atoms with van der Waals surface area (Å²) in [5, 5.41) is 0.938. The standard InChI is InChI=1S/C22H15NO2/c1-13-6-8-14(9-7-13)25-19-11-10-18-20-17(12-23-18)15-4-2-3-5-16(15)22(24)21(19)20/h2-12,23H,1H3. The average molecular weight is 325 g/mol. The molecule has 3 nitrogen and oxygen atoms in total. The Bertz CT molecular complexity index is 1140. The van der Waals surface area contributed by atoms with Gasteiger partial charge in [0.25, 0.3) is 0 Å². The van der Waals surface area contributed by atoms with Gasteiger partial charge in [0, 0.05) is 28.2 Å². The lowest BCUT2D eigenvalue weighted by Gasteiger charge is -2.19. The maximum absolute atomic E-state index is 13.2. The second kappa shape index (κ2) is 5.08. The summed E-state index contributed by atoms with van der Waals surface area (Å²) in [6.45, 7) is 2.03. The highest BCUT2D eigenvalue weighted by Crippen LogP contribution is 2.43. The van der Waals surface area contributed by atoms with Crippen molar-refractivity contribution in [2.24, 2.45) is 0 Å². The number of ether oxygens (including phenoxy) is 1. The molecule has 0 bridgehead atoms. The maximum atomic E-state index is 13.2. The summed E-state index contributed by atoms with van der Waals surface area (Å²) in [6.07, 6.45) is 1.97. The van der Waals surface area contributed by atoms with Crippen LogP contribution in [0, 0.1) is 6.92 Å². The molecule has 0 saturated heterocycles. The molecular formula is C22H15NO2. The zero-order valence-electron chi connectivity index (χ0n) is 13.7. The fourth-order valence-corrected chi connectivity index (χ4v) is 3.51. The van der Waals surface area contributed by atoms with Gasteiger partial charge in [-0.05, 0) is 36.8 Å². The molecule has 0 unspecified atom stereocenters. The van der Waals surface area contributed by atoms with Crippen molar-refractivity contribution < 1.29 is 9.53 Å². The van der Waals surface area contributed by atoms with Gasteiger partial charge in [0.05, 0.1) is 5.56 Å². The number of benzene rings is 3. The Hall–Kier alpha value is -3.33. The van der Waals surface area contributed by atoms with Crippen molar-refractivity contribution in [1.29, 1.82) is 0 Å². The minimum Gasteiger partial charge on any atom is -0.457 e. The second-order valence-electron chi connectivity index (χ2n) is 6.35. The summed E-state index contributed by atoms with van der Waals surface area (Å²) in [5.74, 6) is 1.33. The van der Waals surface area contributed by atoms with Gasteiger partial charge >= 0.3 is 0 Å². The molecule has 0 saturated carbocycles. The quantitative estimate of drug-likeness (QED) is 0.467. The van der Waals surface area contributed by atoms with Crippen LogP contribution in [0.5, 0.6) is 11.5 Å². The van der Waals surface area contributed by atoms with Crippen molar-refractivity contribution in [3.05, 3.63) is 83.6 Å². The van der Waals surface area contributed by atoms with Gasteiger partial charge in [-0.25, -0.2) is 0 Å². The molecule has 5 rings (SSSR count). The van der Waals surface area contributed by atoms with Crippen LogP contribution in [0.1, 0.15) is 21.5 Å². The fourth-order valence-electron chi connectivity index (χ4n) is 3.51. The van der Waals surface area contributed by atoms with Crippen LogP contribution in [0.3, 0.4) is 0 Å². The van der Waals surface area contributed by atoms with Crippen molar-refractivity contribution in [3.63, 3.8) is 0 Å². The average Bonchev–Trinajstić information content (AvgIpc) is 3.07. The smallest absolute Gasteiger partial charge is 0.198 e. The largest absolute Gasteiger partial charge is 0.457 e. The molecule has 3 aromatic carbocycles. The summed E-state index contributed by atoms with van der Waals surface area (Å²) in [6, 6.07) is 19.4. The van der Waals surface area contributed by atoms with Gasteiger partial charge in [0.1, 0.15) is 11.5 Å². The van der Waals surface area contributed by atoms with Gasteiger partial charge in [-0.2, -0.15) is 0 Å². The third-order valence-corrected chi connectivity index (χ3v) is 4.75. The van der Waals surface area contributed by atoms with Gasteiger partial charge < -0.3 is 9.72 Å². The van der Waals surface area contributed by atoms with E-state index in [-0.39, 0.29) is 5.78 Å². The number of fused-ring (bicyclic) bond motifs is 2. The Morgan fingerprint density at radius 2 is 1.60 bits per heavy atom. The SMILES string of the molecule is Cc1ccc(Oc2ccc3[nH]cc4c3c2C(=O)c2ccccc2-4)cc1. The van der Waals surface area contributed by atoms with Crippen molar-refractivity contribution in [1.82, 2.24) is 4.98 Å². The molecule has 1 aliphatic rings. The first-order valence-electron chi connectivity index (χ1n) is 8.25. The van der Waals surface area contributed by atoms with Crippen LogP contribution < -0.4 is 4.74 Å². The zero-order chi connectivity index (χ0) is 17.0. The van der Waals surface area contributed by atoms with E-state index in [1.54, 1.807) is 0 Å². The molecule has 4 aromatic rings. The van der Waals surface area contributed by atoms with Crippen LogP contribution in [0.4, 0.5) is 0 Å². The van der Waals surface area contributed by atoms with Gasteiger partial charge in [0.2, 0.25) is 0 Å². The summed E-state index contributed by atoms with van der Waals surface area (Å²) in [5.41, 5.74) is 5.49. The molecule has 0 aliphatic heterocycles. The first-order chi connectivity index (χ1) is 12.2. The first kappa shape index (κ1) is 14.1. The highest BCUT2D eigenvalue weighted by molar-refractivity contribution is 6.27. The molecule has 0 amide bonds. The van der Waals surface area contributed by atoms with Gasteiger partial charge in [-0.1, -0.05) is 42.0 Å². The summed E-state index contributed by atoms with van der Waals surface area (Å²) < 4.78 is 6.07. The number of aromatic amines is 1. The van der Waals surface area contributed by atoms with Gasteiger partial charge in [-0.3, -0.25) is 4.79 Å². The number of aromatic nitrogens is 1. The van der Waals surface area contributed by atoms with E-state index in [0.29, 0.717) is 11.3 Å². The molecule has 120 valence electrons. The van der Waals surface area contributed by atoms with Gasteiger partial charge in [-0.15, -0.1) is 0 Å². The lowest BCUT2D eigenvalue weighted by atomic mass is 9.85. The van der Waals surface area contributed by atoms with Crippen molar-refractivity contribution in [2.75, 3.05) is 0 Å². The van der Waals surface area contributed by atoms with Crippen LogP contribution in [-0.2, 0) is 0 Å². The zero-order valence-corrected chi connectivity index (χ0v) is 13.7. The number of H-pyrrole nitrogens is 1. The minimum atomic E-state index is 0.00964. The number of carbonyl (C=O) groups excluding carboxylic acids is 1. The van der Waals surface area contributed by atoms with Crippen molar-refractivity contribution in [2.45, 2.75) is 6.92 Å². The Kier molecular flexibility index (Phi) is 2.86. The van der Waals surface area contributed by atoms with Gasteiger partial charge in [0.15, 0.2) is 5.78 Å². The Balaban J connectivity index is 1.75. The Labute approximate surface area is 144 Å². The topological polar surface area (TPSA) is 42.1 Å². The Morgan fingerprint density at radius 1 is 0.840 bits per heavy atom. The normalized spacial score (nSPS) is 12.3. The molecule has 1 N–H and O–H groups in total. The second-order valence-corrected chi connectivity index (χ2v) is 6.35. The van der Waals surface area contributed by atoms with Crippen LogP contribution in [-0.4, -0.2) is 10.8 Å². The molecule has 1 aliphatic carbocycles.